The summed E-state index contributed by atoms with van der Waals surface area (Å²) in [5, 5.41) is 10.6. The molecule has 0 saturated heterocycles. The van der Waals surface area contributed by atoms with E-state index < -0.39 is 0 Å². The first-order chi connectivity index (χ1) is 25.1. The molecule has 52 heavy (non-hydrogen) atoms. The number of fused-ring (bicyclic) bond motifs is 12. The smallest absolute Gasteiger partial charge is 0.0634 e. The van der Waals surface area contributed by atoms with Crippen LogP contribution in [-0.4, -0.2) is 8.80 Å². The maximum Gasteiger partial charge on any atom is 0.0634 e. The summed E-state index contributed by atoms with van der Waals surface area (Å²) in [5.41, 5.74) is 15.5. The third-order valence-electron chi connectivity index (χ3n) is 11.8. The Morgan fingerprint density at radius 3 is 1.08 bits per heavy atom. The van der Waals surface area contributed by atoms with E-state index in [1.165, 1.54) is 110 Å². The maximum absolute atomic E-state index is 2.62. The zero-order chi connectivity index (χ0) is 35.3. The molecule has 0 saturated carbocycles. The predicted octanol–water partition coefficient (Wildman–Crippen LogP) is 13.9. The summed E-state index contributed by atoms with van der Waals surface area (Å²) in [7, 11) is 0. The molecule has 0 aliphatic carbocycles. The molecule has 0 bridgehead atoms. The fourth-order valence-corrected chi connectivity index (χ4v) is 9.37. The van der Waals surface area contributed by atoms with E-state index in [1.54, 1.807) is 0 Å². The number of hydrogen-bond acceptors (Lipinski definition) is 0. The van der Waals surface area contributed by atoms with Crippen LogP contribution in [-0.2, 0) is 10.8 Å². The van der Waals surface area contributed by atoms with Crippen LogP contribution in [0.1, 0.15) is 52.7 Å². The summed E-state index contributed by atoms with van der Waals surface area (Å²) >= 11 is 0. The van der Waals surface area contributed by atoms with Crippen molar-refractivity contribution in [2.75, 3.05) is 0 Å². The molecular weight excluding hydrogens is 629 g/mol. The molecule has 0 aliphatic rings. The second-order valence-electron chi connectivity index (χ2n) is 17.0. The monoisotopic (exact) mass is 668 g/mol. The molecule has 0 atom stereocenters. The van der Waals surface area contributed by atoms with Gasteiger partial charge in [-0.2, -0.15) is 0 Å². The van der Waals surface area contributed by atoms with Gasteiger partial charge in [-0.25, -0.2) is 0 Å². The van der Waals surface area contributed by atoms with Gasteiger partial charge in [0.15, 0.2) is 0 Å². The predicted molar refractivity (Wildman–Crippen MR) is 224 cm³/mol. The van der Waals surface area contributed by atoms with Crippen molar-refractivity contribution in [3.05, 3.63) is 145 Å². The van der Waals surface area contributed by atoms with Gasteiger partial charge in [0, 0.05) is 54.2 Å². The Morgan fingerprint density at radius 2 is 0.692 bits per heavy atom. The van der Waals surface area contributed by atoms with Gasteiger partial charge in [0.05, 0.1) is 33.1 Å². The van der Waals surface area contributed by atoms with Crippen molar-refractivity contribution >= 4 is 76.2 Å². The van der Waals surface area contributed by atoms with Crippen LogP contribution in [0.5, 0.6) is 0 Å². The summed E-state index contributed by atoms with van der Waals surface area (Å²) in [6.07, 6.45) is 0. The zero-order valence-corrected chi connectivity index (χ0v) is 30.6. The largest absolute Gasteiger partial charge is 0.307 e. The lowest BCUT2D eigenvalue weighted by molar-refractivity contribution is 0.591. The van der Waals surface area contributed by atoms with Crippen LogP contribution in [0.15, 0.2) is 133 Å². The number of hydrogen-bond donors (Lipinski definition) is 0. The highest BCUT2D eigenvalue weighted by Crippen LogP contribution is 2.54. The van der Waals surface area contributed by atoms with Crippen molar-refractivity contribution in [2.24, 2.45) is 0 Å². The van der Waals surface area contributed by atoms with Crippen molar-refractivity contribution in [2.45, 2.75) is 52.4 Å². The van der Waals surface area contributed by atoms with Crippen LogP contribution in [0.25, 0.3) is 98.4 Å². The minimum Gasteiger partial charge on any atom is -0.307 e. The molecule has 0 fully saturated rings. The second kappa shape index (κ2) is 9.92. The van der Waals surface area contributed by atoms with E-state index in [4.69, 9.17) is 0 Å². The number of rotatable bonds is 2. The lowest BCUT2D eigenvalue weighted by Crippen LogP contribution is -2.10. The average molecular weight is 669 g/mol. The fraction of sp³-hybridized carbons (Fsp3) is 0.160. The van der Waals surface area contributed by atoms with E-state index in [-0.39, 0.29) is 10.8 Å². The van der Waals surface area contributed by atoms with E-state index in [2.05, 4.69) is 184 Å². The molecule has 0 unspecified atom stereocenters. The summed E-state index contributed by atoms with van der Waals surface area (Å²) in [6, 6.07) is 50.4. The van der Waals surface area contributed by atoms with Gasteiger partial charge < -0.3 is 8.80 Å². The molecule has 2 nitrogen and oxygen atoms in total. The molecule has 7 aromatic carbocycles. The van der Waals surface area contributed by atoms with Crippen molar-refractivity contribution in [1.29, 1.82) is 0 Å². The lowest BCUT2D eigenvalue weighted by atomic mass is 9.83. The third-order valence-corrected chi connectivity index (χ3v) is 11.8. The van der Waals surface area contributed by atoms with Crippen LogP contribution in [0.4, 0.5) is 0 Å². The number of aromatic nitrogens is 2. The van der Waals surface area contributed by atoms with Crippen LogP contribution < -0.4 is 0 Å². The highest BCUT2D eigenvalue weighted by atomic mass is 14.9. The normalized spacial score (nSPS) is 13.2. The second-order valence-corrected chi connectivity index (χ2v) is 17.0. The third kappa shape index (κ3) is 3.74. The molecule has 250 valence electrons. The highest BCUT2D eigenvalue weighted by Gasteiger charge is 2.32. The van der Waals surface area contributed by atoms with Gasteiger partial charge in [0.1, 0.15) is 0 Å². The summed E-state index contributed by atoms with van der Waals surface area (Å²) < 4.78 is 5.24. The zero-order valence-electron chi connectivity index (χ0n) is 30.6. The van der Waals surface area contributed by atoms with Crippen molar-refractivity contribution in [3.63, 3.8) is 0 Å². The first kappa shape index (κ1) is 29.8. The van der Waals surface area contributed by atoms with E-state index in [0.29, 0.717) is 0 Å². The molecule has 0 aliphatic heterocycles. The minimum atomic E-state index is -0.0229. The van der Waals surface area contributed by atoms with Crippen LogP contribution in [0.2, 0.25) is 0 Å². The first-order valence-electron chi connectivity index (χ1n) is 18.6. The SMILES string of the molecule is CC(C)(C)c1cc2c3ccccc3n3c4c(-c5ccccc5)c5c6cc(C(C)(C)C)cc7c8ccccc8n(c5c(-c5ccccc5)c4c(c1)c23)c76. The van der Waals surface area contributed by atoms with Crippen LogP contribution in [0.3, 0.4) is 0 Å². The van der Waals surface area contributed by atoms with Gasteiger partial charge in [0.2, 0.25) is 0 Å². The van der Waals surface area contributed by atoms with E-state index in [0.717, 1.165) is 0 Å². The van der Waals surface area contributed by atoms with E-state index >= 15 is 0 Å². The van der Waals surface area contributed by atoms with Gasteiger partial charge in [-0.15, -0.1) is 0 Å². The van der Waals surface area contributed by atoms with Gasteiger partial charge in [0.25, 0.3) is 0 Å². The van der Waals surface area contributed by atoms with Crippen LogP contribution in [0, 0.1) is 0 Å². The molecular formula is C50H40N2. The number of benzene rings is 7. The Morgan fingerprint density at radius 1 is 0.346 bits per heavy atom. The molecule has 4 aromatic heterocycles. The van der Waals surface area contributed by atoms with Crippen molar-refractivity contribution < 1.29 is 0 Å². The molecule has 4 heterocycles. The molecule has 11 aromatic rings. The van der Waals surface area contributed by atoms with Crippen molar-refractivity contribution in [3.8, 4) is 22.3 Å². The molecule has 11 rings (SSSR count). The summed E-state index contributed by atoms with van der Waals surface area (Å²) in [5.74, 6) is 0. The topological polar surface area (TPSA) is 8.82 Å². The fourth-order valence-electron chi connectivity index (χ4n) is 9.37. The average Bonchev–Trinajstić information content (AvgIpc) is 3.87. The van der Waals surface area contributed by atoms with E-state index in [1.807, 2.05) is 0 Å². The maximum atomic E-state index is 2.62. The van der Waals surface area contributed by atoms with Gasteiger partial charge >= 0.3 is 0 Å². The summed E-state index contributed by atoms with van der Waals surface area (Å²) in [6.45, 7) is 14.1. The Hall–Kier alpha value is -5.86. The molecule has 2 heteroatoms. The Balaban J connectivity index is 1.56. The molecule has 0 spiro atoms. The lowest BCUT2D eigenvalue weighted by Gasteiger charge is -2.20. The Kier molecular flexibility index (Phi) is 5.69. The van der Waals surface area contributed by atoms with Gasteiger partial charge in [-0.3, -0.25) is 0 Å². The molecule has 0 N–H and O–H groups in total. The van der Waals surface area contributed by atoms with Gasteiger partial charge in [-0.05, 0) is 69.5 Å². The Bertz CT molecular complexity index is 2990. The molecule has 0 amide bonds. The highest BCUT2D eigenvalue weighted by molar-refractivity contribution is 6.38. The number of nitrogens with zero attached hydrogens (tertiary/aromatic N) is 2. The van der Waals surface area contributed by atoms with E-state index in [9.17, 15) is 0 Å². The first-order valence-corrected chi connectivity index (χ1v) is 18.6. The molecule has 0 radical (unpaired) electrons. The minimum absolute atomic E-state index is 0.0229. The Labute approximate surface area is 303 Å². The van der Waals surface area contributed by atoms with Gasteiger partial charge in [-0.1, -0.05) is 139 Å². The quantitative estimate of drug-likeness (QED) is 0.173. The standard InChI is InChI=1S/C50H40N2/c1-49(2,3)31-25-35-33-21-13-15-23-39(33)51-45(35)37(27-31)43-41(29-17-9-7-10-18-29)48-44(42(47(43)51)30-19-11-8-12-20-30)38-28-32(50(4,5)6)26-36-34-22-14-16-24-40(34)52(48)46(36)38/h7-28H,1-6H3. The summed E-state index contributed by atoms with van der Waals surface area (Å²) in [4.78, 5) is 0. The van der Waals surface area contributed by atoms with Crippen molar-refractivity contribution in [1.82, 2.24) is 8.80 Å². The number of para-hydroxylation sites is 2. The van der Waals surface area contributed by atoms with Crippen LogP contribution >= 0.6 is 0 Å².